The highest BCUT2D eigenvalue weighted by Gasteiger charge is 2.17. The Labute approximate surface area is 129 Å². The van der Waals surface area contributed by atoms with Gasteiger partial charge in [0.05, 0.1) is 5.52 Å². The molecule has 21 heavy (non-hydrogen) atoms. The Morgan fingerprint density at radius 2 is 1.62 bits per heavy atom. The van der Waals surface area contributed by atoms with Crippen LogP contribution in [0.4, 0.5) is 5.95 Å². The molecule has 1 aliphatic rings. The summed E-state index contributed by atoms with van der Waals surface area (Å²) in [6.07, 6.45) is 4.42. The molecule has 1 fully saturated rings. The van der Waals surface area contributed by atoms with Crippen molar-refractivity contribution >= 4 is 16.9 Å². The van der Waals surface area contributed by atoms with Crippen LogP contribution in [0, 0.1) is 5.92 Å². The lowest BCUT2D eigenvalue weighted by Crippen LogP contribution is -2.34. The molecule has 2 aromatic rings. The van der Waals surface area contributed by atoms with Gasteiger partial charge in [-0.1, -0.05) is 52.8 Å². The molecule has 2 heterocycles. The number of anilines is 1. The molecule has 3 nitrogen and oxygen atoms in total. The van der Waals surface area contributed by atoms with E-state index in [0.717, 1.165) is 35.9 Å². The average Bonchev–Trinajstić information content (AvgIpc) is 2.59. The van der Waals surface area contributed by atoms with Crippen LogP contribution in [0.2, 0.25) is 0 Å². The molecule has 116 valence electrons. The lowest BCUT2D eigenvalue weighted by Gasteiger charge is -2.30. The van der Waals surface area contributed by atoms with Crippen molar-refractivity contribution in [3.8, 4) is 0 Å². The van der Waals surface area contributed by atoms with Crippen LogP contribution >= 0.6 is 0 Å². The van der Waals surface area contributed by atoms with Gasteiger partial charge in [0.25, 0.3) is 0 Å². The summed E-state index contributed by atoms with van der Waals surface area (Å²) >= 11 is 0. The quantitative estimate of drug-likeness (QED) is 0.745. The molecule has 0 N–H and O–H groups in total. The number of hydrogen-bond acceptors (Lipinski definition) is 3. The maximum absolute atomic E-state index is 4.64. The molecule has 1 aromatic carbocycles. The predicted molar refractivity (Wildman–Crippen MR) is 92.8 cm³/mol. The van der Waals surface area contributed by atoms with E-state index >= 15 is 0 Å². The maximum atomic E-state index is 4.64. The SMILES string of the molecule is CC.CC.CC1CCN(c2ncc3ccccc3n2)CC1. The normalized spacial score (nSPS) is 14.8. The lowest BCUT2D eigenvalue weighted by atomic mass is 10.00. The Morgan fingerprint density at radius 1 is 1.00 bits per heavy atom. The van der Waals surface area contributed by atoms with E-state index in [1.807, 2.05) is 52.1 Å². The Kier molecular flexibility index (Phi) is 7.73. The van der Waals surface area contributed by atoms with E-state index in [9.17, 15) is 0 Å². The molecule has 1 saturated heterocycles. The van der Waals surface area contributed by atoms with Crippen molar-refractivity contribution in [1.82, 2.24) is 9.97 Å². The maximum Gasteiger partial charge on any atom is 0.225 e. The molecule has 1 aromatic heterocycles. The van der Waals surface area contributed by atoms with Crippen LogP contribution in [0.3, 0.4) is 0 Å². The molecule has 0 aliphatic carbocycles. The first kappa shape index (κ1) is 17.4. The molecule has 0 amide bonds. The van der Waals surface area contributed by atoms with Gasteiger partial charge < -0.3 is 4.90 Å². The van der Waals surface area contributed by atoms with Crippen LogP contribution in [-0.2, 0) is 0 Å². The van der Waals surface area contributed by atoms with Gasteiger partial charge in [0, 0.05) is 24.7 Å². The highest BCUT2D eigenvalue weighted by atomic mass is 15.2. The zero-order chi connectivity index (χ0) is 15.7. The summed E-state index contributed by atoms with van der Waals surface area (Å²) in [6.45, 7) is 12.5. The molecule has 0 unspecified atom stereocenters. The molecule has 0 saturated carbocycles. The van der Waals surface area contributed by atoms with Crippen molar-refractivity contribution in [3.63, 3.8) is 0 Å². The topological polar surface area (TPSA) is 29.0 Å². The van der Waals surface area contributed by atoms with Gasteiger partial charge in [0.15, 0.2) is 0 Å². The van der Waals surface area contributed by atoms with Crippen LogP contribution in [0.15, 0.2) is 30.5 Å². The molecule has 3 rings (SSSR count). The zero-order valence-electron chi connectivity index (χ0n) is 14.1. The van der Waals surface area contributed by atoms with Crippen LogP contribution < -0.4 is 4.90 Å². The Balaban J connectivity index is 0.000000510. The summed E-state index contributed by atoms with van der Waals surface area (Å²) in [7, 11) is 0. The van der Waals surface area contributed by atoms with Crippen LogP contribution in [-0.4, -0.2) is 23.1 Å². The second-order valence-electron chi connectivity index (χ2n) is 4.90. The average molecular weight is 287 g/mol. The van der Waals surface area contributed by atoms with E-state index < -0.39 is 0 Å². The van der Waals surface area contributed by atoms with Gasteiger partial charge in [-0.15, -0.1) is 0 Å². The summed E-state index contributed by atoms with van der Waals surface area (Å²) in [6, 6.07) is 8.15. The fourth-order valence-corrected chi connectivity index (χ4v) is 2.32. The monoisotopic (exact) mass is 287 g/mol. The summed E-state index contributed by atoms with van der Waals surface area (Å²) in [5.41, 5.74) is 1.04. The van der Waals surface area contributed by atoms with Crippen molar-refractivity contribution in [1.29, 1.82) is 0 Å². The van der Waals surface area contributed by atoms with Crippen LogP contribution in [0.5, 0.6) is 0 Å². The van der Waals surface area contributed by atoms with Crippen molar-refractivity contribution in [2.75, 3.05) is 18.0 Å². The molecule has 3 heteroatoms. The van der Waals surface area contributed by atoms with E-state index in [4.69, 9.17) is 0 Å². The second-order valence-corrected chi connectivity index (χ2v) is 4.90. The fraction of sp³-hybridized carbons (Fsp3) is 0.556. The van der Waals surface area contributed by atoms with Crippen molar-refractivity contribution in [2.24, 2.45) is 5.92 Å². The van der Waals surface area contributed by atoms with E-state index in [1.165, 1.54) is 12.8 Å². The van der Waals surface area contributed by atoms with E-state index in [0.29, 0.717) is 0 Å². The van der Waals surface area contributed by atoms with Crippen molar-refractivity contribution in [3.05, 3.63) is 30.5 Å². The van der Waals surface area contributed by atoms with Gasteiger partial charge >= 0.3 is 0 Å². The van der Waals surface area contributed by atoms with Crippen LogP contribution in [0.25, 0.3) is 10.9 Å². The summed E-state index contributed by atoms with van der Waals surface area (Å²) in [5.74, 6) is 1.72. The minimum Gasteiger partial charge on any atom is -0.341 e. The number of nitrogens with zero attached hydrogens (tertiary/aromatic N) is 3. The number of rotatable bonds is 1. The van der Waals surface area contributed by atoms with Gasteiger partial charge in [0.2, 0.25) is 5.95 Å². The standard InChI is InChI=1S/C14H17N3.2C2H6/c1-11-6-8-17(9-7-11)14-15-10-12-4-2-3-5-13(12)16-14;2*1-2/h2-5,10-11H,6-9H2,1H3;2*1-2H3. The van der Waals surface area contributed by atoms with E-state index in [1.54, 1.807) is 0 Å². The molecule has 0 atom stereocenters. The summed E-state index contributed by atoms with van der Waals surface area (Å²) in [4.78, 5) is 11.4. The number of aromatic nitrogens is 2. The smallest absolute Gasteiger partial charge is 0.225 e. The largest absolute Gasteiger partial charge is 0.341 e. The van der Waals surface area contributed by atoms with Gasteiger partial charge in [-0.3, -0.25) is 0 Å². The predicted octanol–water partition coefficient (Wildman–Crippen LogP) is 4.92. The Hall–Kier alpha value is -1.64. The summed E-state index contributed by atoms with van der Waals surface area (Å²) in [5, 5.41) is 1.11. The summed E-state index contributed by atoms with van der Waals surface area (Å²) < 4.78 is 0. The van der Waals surface area contributed by atoms with Gasteiger partial charge in [0.1, 0.15) is 0 Å². The molecule has 0 bridgehead atoms. The molecule has 1 aliphatic heterocycles. The molecule has 0 radical (unpaired) electrons. The minimum atomic E-state index is 0.840. The lowest BCUT2D eigenvalue weighted by molar-refractivity contribution is 0.434. The Morgan fingerprint density at radius 3 is 2.29 bits per heavy atom. The van der Waals surface area contributed by atoms with Crippen molar-refractivity contribution in [2.45, 2.75) is 47.5 Å². The molecule has 0 spiro atoms. The minimum absolute atomic E-state index is 0.840. The number of hydrogen-bond donors (Lipinski definition) is 0. The first-order chi connectivity index (χ1) is 10.3. The first-order valence-corrected chi connectivity index (χ1v) is 8.29. The third kappa shape index (κ3) is 4.69. The highest BCUT2D eigenvalue weighted by molar-refractivity contribution is 5.78. The van der Waals surface area contributed by atoms with Gasteiger partial charge in [-0.2, -0.15) is 0 Å². The molecular formula is C18H29N3. The first-order valence-electron chi connectivity index (χ1n) is 8.29. The highest BCUT2D eigenvalue weighted by Crippen LogP contribution is 2.21. The van der Waals surface area contributed by atoms with Crippen LogP contribution in [0.1, 0.15) is 47.5 Å². The zero-order valence-corrected chi connectivity index (χ0v) is 14.1. The number of piperidine rings is 1. The number of fused-ring (bicyclic) bond motifs is 1. The van der Waals surface area contributed by atoms with Gasteiger partial charge in [-0.25, -0.2) is 9.97 Å². The van der Waals surface area contributed by atoms with E-state index in [-0.39, 0.29) is 0 Å². The number of para-hydroxylation sites is 1. The number of benzene rings is 1. The fourth-order valence-electron chi connectivity index (χ4n) is 2.32. The third-order valence-corrected chi connectivity index (χ3v) is 3.54. The van der Waals surface area contributed by atoms with E-state index in [2.05, 4.69) is 27.9 Å². The Bertz CT molecular complexity index is 517. The van der Waals surface area contributed by atoms with Crippen molar-refractivity contribution < 1.29 is 0 Å². The molecular weight excluding hydrogens is 258 g/mol. The third-order valence-electron chi connectivity index (χ3n) is 3.54. The second kappa shape index (κ2) is 9.32. The van der Waals surface area contributed by atoms with Gasteiger partial charge in [-0.05, 0) is 24.8 Å².